The summed E-state index contributed by atoms with van der Waals surface area (Å²) in [4.78, 5) is 0.0458. The predicted molar refractivity (Wildman–Crippen MR) is 75.8 cm³/mol. The Morgan fingerprint density at radius 1 is 1.45 bits per heavy atom. The number of phenols is 1. The van der Waals surface area contributed by atoms with E-state index in [1.54, 1.807) is 7.11 Å². The van der Waals surface area contributed by atoms with E-state index in [1.807, 2.05) is 13.8 Å². The van der Waals surface area contributed by atoms with Gasteiger partial charge >= 0.3 is 0 Å². The molecule has 2 rings (SSSR count). The van der Waals surface area contributed by atoms with Crippen LogP contribution in [0.4, 0.5) is 5.69 Å². The van der Waals surface area contributed by atoms with E-state index in [2.05, 4.69) is 4.72 Å². The van der Waals surface area contributed by atoms with Gasteiger partial charge in [0.25, 0.3) is 0 Å². The van der Waals surface area contributed by atoms with Crippen LogP contribution in [0.2, 0.25) is 0 Å². The fraction of sp³-hybridized carbons (Fsp3) is 0.538. The van der Waals surface area contributed by atoms with Crippen molar-refractivity contribution in [1.82, 2.24) is 4.72 Å². The van der Waals surface area contributed by atoms with E-state index in [9.17, 15) is 13.5 Å². The average molecular weight is 300 g/mol. The number of nitrogens with two attached hydrogens (primary N) is 1. The number of phenolic OH excluding ortho intramolecular Hbond substituents is 1. The van der Waals surface area contributed by atoms with Gasteiger partial charge in [0.1, 0.15) is 5.75 Å². The van der Waals surface area contributed by atoms with Crippen molar-refractivity contribution in [2.24, 2.45) is 5.41 Å². The van der Waals surface area contributed by atoms with Crippen molar-refractivity contribution in [1.29, 1.82) is 0 Å². The van der Waals surface area contributed by atoms with Crippen LogP contribution in [-0.2, 0) is 14.8 Å². The summed E-state index contributed by atoms with van der Waals surface area (Å²) < 4.78 is 32.5. The van der Waals surface area contributed by atoms with Gasteiger partial charge in [-0.25, -0.2) is 13.1 Å². The first-order chi connectivity index (χ1) is 9.18. The molecule has 0 aliphatic heterocycles. The lowest BCUT2D eigenvalue weighted by Crippen LogP contribution is -2.61. The summed E-state index contributed by atoms with van der Waals surface area (Å²) in [6.07, 6.45) is 0.677. The molecule has 0 aromatic heterocycles. The number of anilines is 1. The van der Waals surface area contributed by atoms with E-state index in [-0.39, 0.29) is 33.9 Å². The van der Waals surface area contributed by atoms with Gasteiger partial charge in [0.05, 0.1) is 16.7 Å². The lowest BCUT2D eigenvalue weighted by atomic mass is 9.65. The van der Waals surface area contributed by atoms with Crippen LogP contribution >= 0.6 is 0 Å². The Labute approximate surface area is 119 Å². The van der Waals surface area contributed by atoms with Gasteiger partial charge in [-0.05, 0) is 24.6 Å². The van der Waals surface area contributed by atoms with Gasteiger partial charge < -0.3 is 15.6 Å². The molecule has 20 heavy (non-hydrogen) atoms. The van der Waals surface area contributed by atoms with E-state index in [0.29, 0.717) is 6.42 Å². The Morgan fingerprint density at radius 2 is 2.10 bits per heavy atom. The molecule has 0 saturated heterocycles. The molecule has 2 atom stereocenters. The Hall–Kier alpha value is -1.31. The fourth-order valence-corrected chi connectivity index (χ4v) is 3.88. The topological polar surface area (TPSA) is 102 Å². The minimum atomic E-state index is -3.66. The van der Waals surface area contributed by atoms with Crippen LogP contribution in [0.1, 0.15) is 20.3 Å². The number of hydrogen-bond acceptors (Lipinski definition) is 5. The van der Waals surface area contributed by atoms with Gasteiger partial charge in [0.15, 0.2) is 0 Å². The number of methoxy groups -OCH3 is 1. The SMILES string of the molecule is COC1CC(NS(=O)(=O)c2ccc(O)c(N)c2)C1(C)C. The van der Waals surface area contributed by atoms with E-state index >= 15 is 0 Å². The standard InChI is InChI=1S/C13H20N2O4S/c1-13(2)11(7-12(13)19-3)15-20(17,18)8-4-5-10(16)9(14)6-8/h4-6,11-12,15-16H,7,14H2,1-3H3. The molecule has 1 fully saturated rings. The highest BCUT2D eigenvalue weighted by molar-refractivity contribution is 7.89. The summed E-state index contributed by atoms with van der Waals surface area (Å²) in [7, 11) is -2.04. The molecular formula is C13H20N2O4S. The van der Waals surface area contributed by atoms with Gasteiger partial charge in [-0.2, -0.15) is 0 Å². The molecule has 1 aromatic rings. The minimum Gasteiger partial charge on any atom is -0.506 e. The number of ether oxygens (including phenoxy) is 1. The molecule has 1 saturated carbocycles. The number of nitrogens with one attached hydrogen (secondary N) is 1. The first-order valence-electron chi connectivity index (χ1n) is 6.32. The first-order valence-corrected chi connectivity index (χ1v) is 7.80. The summed E-state index contributed by atoms with van der Waals surface area (Å²) in [5.41, 5.74) is 5.31. The summed E-state index contributed by atoms with van der Waals surface area (Å²) in [6, 6.07) is 3.66. The van der Waals surface area contributed by atoms with Crippen LogP contribution in [0.15, 0.2) is 23.1 Å². The third-order valence-electron chi connectivity index (χ3n) is 4.07. The first kappa shape index (κ1) is 15.1. The van der Waals surface area contributed by atoms with E-state index in [4.69, 9.17) is 10.5 Å². The van der Waals surface area contributed by atoms with Crippen LogP contribution in [0, 0.1) is 5.41 Å². The minimum absolute atomic E-state index is 0.0375. The molecular weight excluding hydrogens is 280 g/mol. The second-order valence-electron chi connectivity index (χ2n) is 5.68. The third-order valence-corrected chi connectivity index (χ3v) is 5.54. The fourth-order valence-electron chi connectivity index (χ4n) is 2.44. The second kappa shape index (κ2) is 4.91. The third kappa shape index (κ3) is 2.48. The maximum atomic E-state index is 12.3. The Balaban J connectivity index is 2.18. The summed E-state index contributed by atoms with van der Waals surface area (Å²) in [6.45, 7) is 3.92. The molecule has 1 aromatic carbocycles. The van der Waals surface area contributed by atoms with Gasteiger partial charge in [-0.15, -0.1) is 0 Å². The van der Waals surface area contributed by atoms with Crippen molar-refractivity contribution < 1.29 is 18.3 Å². The maximum Gasteiger partial charge on any atom is 0.240 e. The highest BCUT2D eigenvalue weighted by atomic mass is 32.2. The Morgan fingerprint density at radius 3 is 2.60 bits per heavy atom. The van der Waals surface area contributed by atoms with Gasteiger partial charge in [-0.1, -0.05) is 13.8 Å². The average Bonchev–Trinajstić information content (AvgIpc) is 2.37. The normalized spacial score (nSPS) is 25.1. The lowest BCUT2D eigenvalue weighted by Gasteiger charge is -2.50. The molecule has 0 bridgehead atoms. The van der Waals surface area contributed by atoms with Crippen molar-refractivity contribution in [3.63, 3.8) is 0 Å². The van der Waals surface area contributed by atoms with Crippen LogP contribution in [0.25, 0.3) is 0 Å². The zero-order valence-corrected chi connectivity index (χ0v) is 12.6. The molecule has 0 heterocycles. The molecule has 2 unspecified atom stereocenters. The van der Waals surface area contributed by atoms with Gasteiger partial charge in [-0.3, -0.25) is 0 Å². The number of nitrogen functional groups attached to an aromatic ring is 1. The monoisotopic (exact) mass is 300 g/mol. The van der Waals surface area contributed by atoms with Crippen LogP contribution in [0.5, 0.6) is 5.75 Å². The summed E-state index contributed by atoms with van der Waals surface area (Å²) >= 11 is 0. The smallest absolute Gasteiger partial charge is 0.240 e. The molecule has 6 nitrogen and oxygen atoms in total. The lowest BCUT2D eigenvalue weighted by molar-refractivity contribution is -0.0908. The molecule has 0 spiro atoms. The number of rotatable bonds is 4. The largest absolute Gasteiger partial charge is 0.506 e. The van der Waals surface area contributed by atoms with Crippen molar-refractivity contribution in [2.45, 2.75) is 37.3 Å². The number of hydrogen-bond donors (Lipinski definition) is 3. The Bertz CT molecular complexity index is 613. The van der Waals surface area contributed by atoms with E-state index < -0.39 is 10.0 Å². The van der Waals surface area contributed by atoms with E-state index in [1.165, 1.54) is 18.2 Å². The van der Waals surface area contributed by atoms with Gasteiger partial charge in [0, 0.05) is 18.6 Å². The number of benzene rings is 1. The summed E-state index contributed by atoms with van der Waals surface area (Å²) in [5.74, 6) is -0.132. The zero-order valence-electron chi connectivity index (χ0n) is 11.8. The molecule has 112 valence electrons. The summed E-state index contributed by atoms with van der Waals surface area (Å²) in [5, 5.41) is 9.34. The van der Waals surface area contributed by atoms with Crippen molar-refractivity contribution in [3.8, 4) is 5.75 Å². The van der Waals surface area contributed by atoms with Gasteiger partial charge in [0.2, 0.25) is 10.0 Å². The zero-order chi connectivity index (χ0) is 15.1. The molecule has 0 radical (unpaired) electrons. The predicted octanol–water partition coefficient (Wildman–Crippen LogP) is 1.07. The Kier molecular flexibility index (Phi) is 3.70. The number of sulfonamides is 1. The van der Waals surface area contributed by atoms with Crippen molar-refractivity contribution in [3.05, 3.63) is 18.2 Å². The molecule has 7 heteroatoms. The quantitative estimate of drug-likeness (QED) is 0.570. The van der Waals surface area contributed by atoms with Crippen molar-refractivity contribution in [2.75, 3.05) is 12.8 Å². The van der Waals surface area contributed by atoms with Crippen LogP contribution in [0.3, 0.4) is 0 Å². The molecule has 0 amide bonds. The van der Waals surface area contributed by atoms with Crippen LogP contribution in [-0.4, -0.2) is 32.8 Å². The van der Waals surface area contributed by atoms with Crippen molar-refractivity contribution >= 4 is 15.7 Å². The maximum absolute atomic E-state index is 12.3. The van der Waals surface area contributed by atoms with E-state index in [0.717, 1.165) is 0 Å². The molecule has 1 aliphatic carbocycles. The second-order valence-corrected chi connectivity index (χ2v) is 7.39. The number of aromatic hydroxyl groups is 1. The highest BCUT2D eigenvalue weighted by Gasteiger charge is 2.50. The van der Waals surface area contributed by atoms with Crippen LogP contribution < -0.4 is 10.5 Å². The molecule has 1 aliphatic rings. The molecule has 4 N–H and O–H groups in total. The highest BCUT2D eigenvalue weighted by Crippen LogP contribution is 2.43.